The van der Waals surface area contributed by atoms with E-state index in [-0.39, 0.29) is 30.2 Å². The molecule has 0 unspecified atom stereocenters. The number of hydrogen-bond donors (Lipinski definition) is 1. The predicted octanol–water partition coefficient (Wildman–Crippen LogP) is 4.22. The Morgan fingerprint density at radius 2 is 1.68 bits per heavy atom. The summed E-state index contributed by atoms with van der Waals surface area (Å²) in [6.07, 6.45) is 6.89. The summed E-state index contributed by atoms with van der Waals surface area (Å²) < 4.78 is 0. The molecule has 2 aliphatic heterocycles. The van der Waals surface area contributed by atoms with Crippen molar-refractivity contribution in [1.29, 1.82) is 0 Å². The van der Waals surface area contributed by atoms with E-state index in [0.29, 0.717) is 11.3 Å². The number of para-hydroxylation sites is 1. The topological polar surface area (TPSA) is 69.7 Å². The second kappa shape index (κ2) is 9.16. The van der Waals surface area contributed by atoms with E-state index in [0.717, 1.165) is 43.5 Å². The number of carbonyl (C=O) groups excluding carboxylic acids is 3. The van der Waals surface area contributed by atoms with Gasteiger partial charge in [0, 0.05) is 26.2 Å². The van der Waals surface area contributed by atoms with Crippen LogP contribution in [0.1, 0.15) is 60.1 Å². The molecule has 0 aromatic heterocycles. The number of rotatable bonds is 4. The Labute approximate surface area is 182 Å². The van der Waals surface area contributed by atoms with Gasteiger partial charge in [0.05, 0.1) is 23.7 Å². The summed E-state index contributed by atoms with van der Waals surface area (Å²) in [4.78, 5) is 41.6. The summed E-state index contributed by atoms with van der Waals surface area (Å²) in [7, 11) is 0. The Hall–Kier alpha value is -3.41. The van der Waals surface area contributed by atoms with Gasteiger partial charge in [-0.15, -0.1) is 0 Å². The van der Waals surface area contributed by atoms with Gasteiger partial charge in [-0.05, 0) is 48.6 Å². The lowest BCUT2D eigenvalue weighted by molar-refractivity contribution is -0.129. The largest absolute Gasteiger partial charge is 0.339 e. The van der Waals surface area contributed by atoms with Gasteiger partial charge in [-0.2, -0.15) is 0 Å². The lowest BCUT2D eigenvalue weighted by Crippen LogP contribution is -2.36. The van der Waals surface area contributed by atoms with E-state index in [1.807, 2.05) is 47.4 Å². The third-order valence-corrected chi connectivity index (χ3v) is 5.92. The highest BCUT2D eigenvalue weighted by atomic mass is 16.2. The van der Waals surface area contributed by atoms with Crippen LogP contribution >= 0.6 is 0 Å². The van der Waals surface area contributed by atoms with Crippen molar-refractivity contribution >= 4 is 29.5 Å². The molecule has 6 nitrogen and oxygen atoms in total. The van der Waals surface area contributed by atoms with Gasteiger partial charge in [0.15, 0.2) is 0 Å². The lowest BCUT2D eigenvalue weighted by Gasteiger charge is -2.32. The number of hydrogen-bond acceptors (Lipinski definition) is 3. The van der Waals surface area contributed by atoms with Gasteiger partial charge in [0.25, 0.3) is 5.91 Å². The molecule has 0 bridgehead atoms. The van der Waals surface area contributed by atoms with Gasteiger partial charge >= 0.3 is 0 Å². The third-order valence-electron chi connectivity index (χ3n) is 5.92. The fraction of sp³-hybridized carbons (Fsp3) is 0.320. The van der Waals surface area contributed by atoms with Crippen molar-refractivity contribution < 1.29 is 14.4 Å². The number of anilines is 1. The first-order valence-electron chi connectivity index (χ1n) is 10.8. The quantitative estimate of drug-likeness (QED) is 0.810. The van der Waals surface area contributed by atoms with E-state index in [2.05, 4.69) is 5.32 Å². The van der Waals surface area contributed by atoms with Crippen molar-refractivity contribution in [3.05, 3.63) is 71.4 Å². The molecule has 6 heteroatoms. The molecule has 2 aromatic rings. The molecule has 1 fully saturated rings. The standard InChI is InChI=1S/C25H27N3O3/c1-18(29)28-16-13-19-9-3-4-10-20(19)23(28)17-24(30)26-22-12-6-5-11-21(22)25(31)27-14-7-2-8-15-27/h3-6,9-13,16,23H,2,7-8,14-15,17H2,1H3,(H,26,30)/t23-/m1/s1. The van der Waals surface area contributed by atoms with Crippen LogP contribution in [0.2, 0.25) is 0 Å². The monoisotopic (exact) mass is 417 g/mol. The van der Waals surface area contributed by atoms with Crippen LogP contribution in [-0.4, -0.2) is 40.6 Å². The molecule has 4 rings (SSSR count). The molecule has 2 heterocycles. The second-order valence-corrected chi connectivity index (χ2v) is 8.04. The van der Waals surface area contributed by atoms with Gasteiger partial charge in [-0.3, -0.25) is 14.4 Å². The van der Waals surface area contributed by atoms with Gasteiger partial charge < -0.3 is 15.1 Å². The lowest BCUT2D eigenvalue weighted by atomic mass is 9.93. The van der Waals surface area contributed by atoms with Crippen LogP contribution < -0.4 is 5.32 Å². The SMILES string of the molecule is CC(=O)N1C=Cc2ccccc2[C@H]1CC(=O)Nc1ccccc1C(=O)N1CCCCC1. The Balaban J connectivity index is 1.53. The van der Waals surface area contributed by atoms with E-state index in [1.54, 1.807) is 23.2 Å². The minimum absolute atomic E-state index is 0.0492. The molecule has 160 valence electrons. The average Bonchev–Trinajstić information content (AvgIpc) is 2.79. The summed E-state index contributed by atoms with van der Waals surface area (Å²) in [5.74, 6) is -0.406. The first-order chi connectivity index (χ1) is 15.0. The molecule has 2 aliphatic rings. The highest BCUT2D eigenvalue weighted by Gasteiger charge is 2.29. The average molecular weight is 418 g/mol. The fourth-order valence-corrected chi connectivity index (χ4v) is 4.34. The molecule has 1 N–H and O–H groups in total. The number of likely N-dealkylation sites (tertiary alicyclic amines) is 1. The van der Waals surface area contributed by atoms with Crippen LogP contribution in [-0.2, 0) is 9.59 Å². The molecule has 1 atom stereocenters. The highest BCUT2D eigenvalue weighted by Crippen LogP contribution is 2.33. The maximum absolute atomic E-state index is 13.0. The molecule has 0 aliphatic carbocycles. The normalized spacial score (nSPS) is 17.8. The fourth-order valence-electron chi connectivity index (χ4n) is 4.34. The van der Waals surface area contributed by atoms with E-state index < -0.39 is 0 Å². The highest BCUT2D eigenvalue weighted by molar-refractivity contribution is 6.04. The van der Waals surface area contributed by atoms with Gasteiger partial charge in [0.1, 0.15) is 0 Å². The maximum atomic E-state index is 13.0. The molecule has 31 heavy (non-hydrogen) atoms. The number of carbonyl (C=O) groups is 3. The molecular formula is C25H27N3O3. The zero-order valence-corrected chi connectivity index (χ0v) is 17.7. The molecular weight excluding hydrogens is 390 g/mol. The van der Waals surface area contributed by atoms with Gasteiger partial charge in [0.2, 0.25) is 11.8 Å². The van der Waals surface area contributed by atoms with Crippen LogP contribution in [0.5, 0.6) is 0 Å². The first-order valence-corrected chi connectivity index (χ1v) is 10.8. The molecule has 0 spiro atoms. The van der Waals surface area contributed by atoms with Crippen LogP contribution in [0.15, 0.2) is 54.7 Å². The zero-order valence-electron chi connectivity index (χ0n) is 17.7. The van der Waals surface area contributed by atoms with Gasteiger partial charge in [-0.1, -0.05) is 36.4 Å². The zero-order chi connectivity index (χ0) is 21.8. The van der Waals surface area contributed by atoms with Crippen LogP contribution in [0.4, 0.5) is 5.69 Å². The van der Waals surface area contributed by atoms with Gasteiger partial charge in [-0.25, -0.2) is 0 Å². The smallest absolute Gasteiger partial charge is 0.255 e. The first kappa shape index (κ1) is 20.8. The molecule has 2 aromatic carbocycles. The summed E-state index contributed by atoms with van der Waals surface area (Å²) in [5.41, 5.74) is 2.95. The Morgan fingerprint density at radius 1 is 0.968 bits per heavy atom. The van der Waals surface area contributed by atoms with E-state index in [1.165, 1.54) is 6.92 Å². The Bertz CT molecular complexity index is 1020. The van der Waals surface area contributed by atoms with Crippen molar-refractivity contribution in [3.8, 4) is 0 Å². The van der Waals surface area contributed by atoms with E-state index in [9.17, 15) is 14.4 Å². The van der Waals surface area contributed by atoms with E-state index in [4.69, 9.17) is 0 Å². The van der Waals surface area contributed by atoms with Crippen molar-refractivity contribution in [2.45, 2.75) is 38.6 Å². The minimum Gasteiger partial charge on any atom is -0.339 e. The predicted molar refractivity (Wildman–Crippen MR) is 120 cm³/mol. The molecule has 1 saturated heterocycles. The van der Waals surface area contributed by atoms with Crippen molar-refractivity contribution in [1.82, 2.24) is 9.80 Å². The van der Waals surface area contributed by atoms with Crippen molar-refractivity contribution in [3.63, 3.8) is 0 Å². The number of amides is 3. The number of nitrogens with zero attached hydrogens (tertiary/aromatic N) is 2. The summed E-state index contributed by atoms with van der Waals surface area (Å²) in [6, 6.07) is 14.5. The Morgan fingerprint density at radius 3 is 2.45 bits per heavy atom. The summed E-state index contributed by atoms with van der Waals surface area (Å²) in [5, 5.41) is 2.92. The number of piperidine rings is 1. The summed E-state index contributed by atoms with van der Waals surface area (Å²) >= 11 is 0. The van der Waals surface area contributed by atoms with E-state index >= 15 is 0 Å². The van der Waals surface area contributed by atoms with Crippen LogP contribution in [0, 0.1) is 0 Å². The van der Waals surface area contributed by atoms with Crippen LogP contribution in [0.25, 0.3) is 6.08 Å². The molecule has 0 radical (unpaired) electrons. The summed E-state index contributed by atoms with van der Waals surface area (Å²) in [6.45, 7) is 3.00. The Kier molecular flexibility index (Phi) is 6.16. The molecule has 3 amide bonds. The molecule has 0 saturated carbocycles. The third kappa shape index (κ3) is 4.53. The van der Waals surface area contributed by atoms with Crippen LogP contribution in [0.3, 0.4) is 0 Å². The number of nitrogens with one attached hydrogen (secondary N) is 1. The minimum atomic E-state index is -0.386. The van der Waals surface area contributed by atoms with Crippen molar-refractivity contribution in [2.24, 2.45) is 0 Å². The number of fused-ring (bicyclic) bond motifs is 1. The second-order valence-electron chi connectivity index (χ2n) is 8.04. The van der Waals surface area contributed by atoms with Crippen molar-refractivity contribution in [2.75, 3.05) is 18.4 Å². The number of benzene rings is 2. The maximum Gasteiger partial charge on any atom is 0.255 e.